The minimum Gasteiger partial charge on any atom is -0.462 e. The Morgan fingerprint density at radius 1 is 1.12 bits per heavy atom. The molecule has 0 atom stereocenters. The van der Waals surface area contributed by atoms with Crippen LogP contribution in [0.15, 0.2) is 47.2 Å². The lowest BCUT2D eigenvalue weighted by Gasteiger charge is -2.01. The van der Waals surface area contributed by atoms with Crippen molar-refractivity contribution in [2.24, 2.45) is 0 Å². The minimum absolute atomic E-state index is 0.0691. The molecule has 3 rings (SSSR count). The van der Waals surface area contributed by atoms with Gasteiger partial charge in [-0.2, -0.15) is 0 Å². The van der Waals surface area contributed by atoms with E-state index in [1.807, 2.05) is 24.3 Å². The molecule has 0 radical (unpaired) electrons. The fraction of sp³-hybridized carbons (Fsp3) is 0.0769. The van der Waals surface area contributed by atoms with E-state index in [-0.39, 0.29) is 6.61 Å². The highest BCUT2D eigenvalue weighted by Crippen LogP contribution is 2.24. The summed E-state index contributed by atoms with van der Waals surface area (Å²) < 4.78 is 5.33. The Morgan fingerprint density at radius 2 is 1.94 bits per heavy atom. The van der Waals surface area contributed by atoms with Gasteiger partial charge in [-0.15, -0.1) is 0 Å². The third-order valence-electron chi connectivity index (χ3n) is 2.60. The standard InChI is InChI=1S/C13H10N2O2/c16-8-9-5-6-17-13(9)12-7-14-10-3-1-2-4-11(10)15-12/h1-7,16H,8H2. The van der Waals surface area contributed by atoms with Gasteiger partial charge in [-0.1, -0.05) is 12.1 Å². The second-order valence-corrected chi connectivity index (χ2v) is 3.68. The number of fused-ring (bicyclic) bond motifs is 1. The molecule has 84 valence electrons. The average Bonchev–Trinajstić information content (AvgIpc) is 2.86. The van der Waals surface area contributed by atoms with Crippen molar-refractivity contribution in [1.82, 2.24) is 9.97 Å². The molecular weight excluding hydrogens is 216 g/mol. The number of aliphatic hydroxyl groups is 1. The Bertz CT molecular complexity index is 661. The fourth-order valence-corrected chi connectivity index (χ4v) is 1.75. The lowest BCUT2D eigenvalue weighted by atomic mass is 10.2. The summed E-state index contributed by atoms with van der Waals surface area (Å²) in [6.07, 6.45) is 3.19. The maximum absolute atomic E-state index is 9.17. The van der Waals surface area contributed by atoms with E-state index < -0.39 is 0 Å². The zero-order chi connectivity index (χ0) is 11.7. The first-order valence-electron chi connectivity index (χ1n) is 5.28. The molecule has 0 fully saturated rings. The second kappa shape index (κ2) is 3.99. The molecule has 0 spiro atoms. The van der Waals surface area contributed by atoms with Gasteiger partial charge in [-0.05, 0) is 18.2 Å². The van der Waals surface area contributed by atoms with Crippen LogP contribution in [-0.2, 0) is 6.61 Å². The maximum Gasteiger partial charge on any atom is 0.159 e. The van der Waals surface area contributed by atoms with Crippen molar-refractivity contribution in [3.63, 3.8) is 0 Å². The van der Waals surface area contributed by atoms with Gasteiger partial charge < -0.3 is 9.52 Å². The van der Waals surface area contributed by atoms with Crippen LogP contribution in [0.5, 0.6) is 0 Å². The maximum atomic E-state index is 9.17. The summed E-state index contributed by atoms with van der Waals surface area (Å²) in [6, 6.07) is 9.36. The first kappa shape index (κ1) is 9.99. The summed E-state index contributed by atoms with van der Waals surface area (Å²) in [5.41, 5.74) is 3.01. The molecule has 1 aromatic carbocycles. The normalized spacial score (nSPS) is 10.9. The molecule has 4 nitrogen and oxygen atoms in total. The molecule has 0 aliphatic heterocycles. The predicted octanol–water partition coefficient (Wildman–Crippen LogP) is 2.38. The van der Waals surface area contributed by atoms with Gasteiger partial charge in [0.05, 0.1) is 30.1 Å². The van der Waals surface area contributed by atoms with E-state index in [1.54, 1.807) is 12.3 Å². The molecule has 0 unspecified atom stereocenters. The smallest absolute Gasteiger partial charge is 0.159 e. The molecule has 3 aromatic rings. The van der Waals surface area contributed by atoms with Gasteiger partial charge in [-0.25, -0.2) is 4.98 Å². The topological polar surface area (TPSA) is 59.2 Å². The van der Waals surface area contributed by atoms with Gasteiger partial charge in [0.15, 0.2) is 5.76 Å². The highest BCUT2D eigenvalue weighted by Gasteiger charge is 2.10. The fourth-order valence-electron chi connectivity index (χ4n) is 1.75. The van der Waals surface area contributed by atoms with Crippen molar-refractivity contribution in [2.75, 3.05) is 0 Å². The van der Waals surface area contributed by atoms with E-state index >= 15 is 0 Å². The summed E-state index contributed by atoms with van der Waals surface area (Å²) in [5, 5.41) is 9.17. The SMILES string of the molecule is OCc1ccoc1-c1cnc2ccccc2n1. The van der Waals surface area contributed by atoms with Gasteiger partial charge in [-0.3, -0.25) is 4.98 Å². The quantitative estimate of drug-likeness (QED) is 0.728. The summed E-state index contributed by atoms with van der Waals surface area (Å²) in [4.78, 5) is 8.77. The zero-order valence-corrected chi connectivity index (χ0v) is 9.00. The van der Waals surface area contributed by atoms with E-state index in [1.165, 1.54) is 6.26 Å². The van der Waals surface area contributed by atoms with Crippen molar-refractivity contribution in [2.45, 2.75) is 6.61 Å². The number of furan rings is 1. The van der Waals surface area contributed by atoms with Gasteiger partial charge in [0.2, 0.25) is 0 Å². The zero-order valence-electron chi connectivity index (χ0n) is 9.00. The molecule has 2 aromatic heterocycles. The Morgan fingerprint density at radius 3 is 2.76 bits per heavy atom. The molecule has 0 saturated heterocycles. The van der Waals surface area contributed by atoms with Crippen LogP contribution in [0, 0.1) is 0 Å². The van der Waals surface area contributed by atoms with Crippen LogP contribution < -0.4 is 0 Å². The molecule has 0 saturated carbocycles. The summed E-state index contributed by atoms with van der Waals surface area (Å²) in [7, 11) is 0. The molecule has 4 heteroatoms. The van der Waals surface area contributed by atoms with Crippen molar-refractivity contribution >= 4 is 11.0 Å². The van der Waals surface area contributed by atoms with Crippen molar-refractivity contribution < 1.29 is 9.52 Å². The summed E-state index contributed by atoms with van der Waals surface area (Å²) in [6.45, 7) is -0.0691. The number of aromatic nitrogens is 2. The molecule has 1 N–H and O–H groups in total. The summed E-state index contributed by atoms with van der Waals surface area (Å²) in [5.74, 6) is 0.575. The Balaban J connectivity index is 2.18. The van der Waals surface area contributed by atoms with E-state index in [4.69, 9.17) is 4.42 Å². The van der Waals surface area contributed by atoms with Crippen molar-refractivity contribution in [3.05, 3.63) is 48.4 Å². The number of rotatable bonds is 2. The van der Waals surface area contributed by atoms with Crippen molar-refractivity contribution in [3.8, 4) is 11.5 Å². The number of benzene rings is 1. The second-order valence-electron chi connectivity index (χ2n) is 3.68. The first-order valence-corrected chi connectivity index (χ1v) is 5.28. The summed E-state index contributed by atoms with van der Waals surface area (Å²) >= 11 is 0. The van der Waals surface area contributed by atoms with Crippen LogP contribution in [0.2, 0.25) is 0 Å². The molecule has 17 heavy (non-hydrogen) atoms. The number of nitrogens with zero attached hydrogens (tertiary/aromatic N) is 2. The van der Waals surface area contributed by atoms with Crippen LogP contribution in [0.1, 0.15) is 5.56 Å². The van der Waals surface area contributed by atoms with Crippen LogP contribution >= 0.6 is 0 Å². The lowest BCUT2D eigenvalue weighted by molar-refractivity contribution is 0.281. The van der Waals surface area contributed by atoms with Gasteiger partial charge >= 0.3 is 0 Å². The number of hydrogen-bond acceptors (Lipinski definition) is 4. The van der Waals surface area contributed by atoms with Crippen LogP contribution in [-0.4, -0.2) is 15.1 Å². The molecule has 0 aliphatic rings. The molecule has 0 bridgehead atoms. The number of aliphatic hydroxyl groups excluding tert-OH is 1. The van der Waals surface area contributed by atoms with Crippen LogP contribution in [0.3, 0.4) is 0 Å². The third kappa shape index (κ3) is 1.68. The molecule has 0 aliphatic carbocycles. The van der Waals surface area contributed by atoms with Crippen molar-refractivity contribution in [1.29, 1.82) is 0 Å². The van der Waals surface area contributed by atoms with E-state index in [0.717, 1.165) is 16.6 Å². The molecular formula is C13H10N2O2. The van der Waals surface area contributed by atoms with Crippen LogP contribution in [0.25, 0.3) is 22.5 Å². The predicted molar refractivity (Wildman–Crippen MR) is 63.2 cm³/mol. The molecule has 2 heterocycles. The van der Waals surface area contributed by atoms with Gasteiger partial charge in [0.1, 0.15) is 5.69 Å². The average molecular weight is 226 g/mol. The lowest BCUT2D eigenvalue weighted by Crippen LogP contribution is -1.90. The highest BCUT2D eigenvalue weighted by molar-refractivity contribution is 5.76. The number of para-hydroxylation sites is 2. The number of hydrogen-bond donors (Lipinski definition) is 1. The minimum atomic E-state index is -0.0691. The van der Waals surface area contributed by atoms with E-state index in [2.05, 4.69) is 9.97 Å². The first-order chi connectivity index (χ1) is 8.38. The Kier molecular flexibility index (Phi) is 2.34. The Labute approximate surface area is 97.6 Å². The monoisotopic (exact) mass is 226 g/mol. The third-order valence-corrected chi connectivity index (χ3v) is 2.60. The van der Waals surface area contributed by atoms with E-state index in [9.17, 15) is 5.11 Å². The van der Waals surface area contributed by atoms with E-state index in [0.29, 0.717) is 11.5 Å². The molecule has 0 amide bonds. The van der Waals surface area contributed by atoms with Crippen LogP contribution in [0.4, 0.5) is 0 Å². The highest BCUT2D eigenvalue weighted by atomic mass is 16.3. The largest absolute Gasteiger partial charge is 0.462 e. The Hall–Kier alpha value is -2.20. The van der Waals surface area contributed by atoms with Gasteiger partial charge in [0.25, 0.3) is 0 Å². The van der Waals surface area contributed by atoms with Gasteiger partial charge in [0, 0.05) is 5.56 Å².